The summed E-state index contributed by atoms with van der Waals surface area (Å²) < 4.78 is 26.6. The van der Waals surface area contributed by atoms with Crippen molar-refractivity contribution in [3.05, 3.63) is 23.5 Å². The van der Waals surface area contributed by atoms with Gasteiger partial charge in [0.2, 0.25) is 10.0 Å². The first-order valence-electron chi connectivity index (χ1n) is 6.76. The van der Waals surface area contributed by atoms with Gasteiger partial charge in [0.15, 0.2) is 0 Å². The van der Waals surface area contributed by atoms with E-state index in [4.69, 9.17) is 11.6 Å². The van der Waals surface area contributed by atoms with E-state index < -0.39 is 10.0 Å². The third-order valence-electron chi connectivity index (χ3n) is 3.91. The number of sulfonamides is 1. The molecule has 1 saturated heterocycles. The number of likely N-dealkylation sites (tertiary alicyclic amines) is 1. The molecule has 1 aromatic rings. The van der Waals surface area contributed by atoms with Crippen molar-refractivity contribution in [3.63, 3.8) is 0 Å². The van der Waals surface area contributed by atoms with E-state index in [1.807, 2.05) is 0 Å². The number of hydrogen-bond acceptors (Lipinski definition) is 4. The van der Waals surface area contributed by atoms with Crippen LogP contribution in [-0.4, -0.2) is 55.3 Å². The Kier molecular flexibility index (Phi) is 5.01. The quantitative estimate of drug-likeness (QED) is 0.850. The average Bonchev–Trinajstić information content (AvgIpc) is 2.47. The SMILES string of the molecule is CCN1CCC(N(C)S(=O)(=O)c2cnccc2Cl)CC1. The van der Waals surface area contributed by atoms with Crippen LogP contribution in [0.4, 0.5) is 0 Å². The van der Waals surface area contributed by atoms with E-state index in [0.29, 0.717) is 0 Å². The summed E-state index contributed by atoms with van der Waals surface area (Å²) in [6.45, 7) is 5.00. The molecule has 1 fully saturated rings. The number of aromatic nitrogens is 1. The lowest BCUT2D eigenvalue weighted by atomic mass is 10.1. The topological polar surface area (TPSA) is 53.5 Å². The van der Waals surface area contributed by atoms with Gasteiger partial charge in [-0.3, -0.25) is 4.98 Å². The number of hydrogen-bond donors (Lipinski definition) is 0. The first kappa shape index (κ1) is 15.7. The predicted octanol–water partition coefficient (Wildman–Crippen LogP) is 1.84. The molecule has 0 N–H and O–H groups in total. The summed E-state index contributed by atoms with van der Waals surface area (Å²) in [5.74, 6) is 0. The van der Waals surface area contributed by atoms with Gasteiger partial charge in [0, 0.05) is 25.5 Å². The van der Waals surface area contributed by atoms with Crippen LogP contribution in [0.5, 0.6) is 0 Å². The van der Waals surface area contributed by atoms with Crippen molar-refractivity contribution in [3.8, 4) is 0 Å². The van der Waals surface area contributed by atoms with E-state index in [9.17, 15) is 8.42 Å². The number of nitrogens with zero attached hydrogens (tertiary/aromatic N) is 3. The molecule has 0 bridgehead atoms. The lowest BCUT2D eigenvalue weighted by Gasteiger charge is -2.35. The molecule has 1 aliphatic rings. The van der Waals surface area contributed by atoms with Gasteiger partial charge in [-0.05, 0) is 38.5 Å². The Hall–Kier alpha value is -0.690. The maximum absolute atomic E-state index is 12.6. The van der Waals surface area contributed by atoms with Gasteiger partial charge in [-0.2, -0.15) is 4.31 Å². The Labute approximate surface area is 125 Å². The summed E-state index contributed by atoms with van der Waals surface area (Å²) >= 11 is 5.98. The Balaban J connectivity index is 2.16. The predicted molar refractivity (Wildman–Crippen MR) is 79.3 cm³/mol. The zero-order valence-corrected chi connectivity index (χ0v) is 13.4. The number of pyridine rings is 1. The fourth-order valence-corrected chi connectivity index (χ4v) is 4.32. The highest BCUT2D eigenvalue weighted by Gasteiger charge is 2.31. The molecule has 0 radical (unpaired) electrons. The Bertz CT molecular complexity index is 556. The largest absolute Gasteiger partial charge is 0.303 e. The van der Waals surface area contributed by atoms with Crippen LogP contribution in [0.15, 0.2) is 23.4 Å². The van der Waals surface area contributed by atoms with Crippen molar-refractivity contribution < 1.29 is 8.42 Å². The summed E-state index contributed by atoms with van der Waals surface area (Å²) in [6, 6.07) is 1.53. The van der Waals surface area contributed by atoms with Crippen LogP contribution in [0.2, 0.25) is 5.02 Å². The fourth-order valence-electron chi connectivity index (χ4n) is 2.50. The summed E-state index contributed by atoms with van der Waals surface area (Å²) in [5.41, 5.74) is 0. The molecule has 0 amide bonds. The van der Waals surface area contributed by atoms with Gasteiger partial charge < -0.3 is 4.90 Å². The second-order valence-corrected chi connectivity index (χ2v) is 7.37. The minimum atomic E-state index is -3.57. The second-order valence-electron chi connectivity index (χ2n) is 4.99. The van der Waals surface area contributed by atoms with E-state index in [1.54, 1.807) is 7.05 Å². The summed E-state index contributed by atoms with van der Waals surface area (Å²) in [7, 11) is -1.94. The highest BCUT2D eigenvalue weighted by atomic mass is 35.5. The van der Waals surface area contributed by atoms with E-state index in [-0.39, 0.29) is 16.0 Å². The van der Waals surface area contributed by atoms with Crippen molar-refractivity contribution in [2.45, 2.75) is 30.7 Å². The van der Waals surface area contributed by atoms with Crippen LogP contribution in [-0.2, 0) is 10.0 Å². The van der Waals surface area contributed by atoms with Crippen LogP contribution >= 0.6 is 11.6 Å². The van der Waals surface area contributed by atoms with Crippen molar-refractivity contribution >= 4 is 21.6 Å². The fraction of sp³-hybridized carbons (Fsp3) is 0.615. The summed E-state index contributed by atoms with van der Waals surface area (Å²) in [5, 5.41) is 0.220. The Morgan fingerprint density at radius 2 is 2.10 bits per heavy atom. The molecular formula is C13H20ClN3O2S. The zero-order valence-electron chi connectivity index (χ0n) is 11.8. The lowest BCUT2D eigenvalue weighted by Crippen LogP contribution is -2.45. The molecule has 2 rings (SSSR count). The molecule has 7 heteroatoms. The average molecular weight is 318 g/mol. The lowest BCUT2D eigenvalue weighted by molar-refractivity contribution is 0.176. The third kappa shape index (κ3) is 3.14. The molecule has 112 valence electrons. The van der Waals surface area contributed by atoms with E-state index in [0.717, 1.165) is 32.5 Å². The molecule has 5 nitrogen and oxygen atoms in total. The van der Waals surface area contributed by atoms with Gasteiger partial charge in [-0.1, -0.05) is 18.5 Å². The molecular weight excluding hydrogens is 298 g/mol. The summed E-state index contributed by atoms with van der Waals surface area (Å²) in [4.78, 5) is 6.28. The normalized spacial score (nSPS) is 18.6. The standard InChI is InChI=1S/C13H20ClN3O2S/c1-3-17-8-5-11(6-9-17)16(2)20(18,19)13-10-15-7-4-12(13)14/h4,7,10-11H,3,5-6,8-9H2,1-2H3. The minimum Gasteiger partial charge on any atom is -0.303 e. The second kappa shape index (κ2) is 6.39. The maximum Gasteiger partial charge on any atom is 0.246 e. The van der Waals surface area contributed by atoms with Gasteiger partial charge in [-0.15, -0.1) is 0 Å². The van der Waals surface area contributed by atoms with Crippen molar-refractivity contribution in [1.29, 1.82) is 0 Å². The molecule has 0 saturated carbocycles. The molecule has 0 spiro atoms. The number of piperidine rings is 1. The van der Waals surface area contributed by atoms with E-state index >= 15 is 0 Å². The van der Waals surface area contributed by atoms with Gasteiger partial charge >= 0.3 is 0 Å². The first-order chi connectivity index (χ1) is 9.46. The summed E-state index contributed by atoms with van der Waals surface area (Å²) in [6.07, 6.45) is 4.50. The highest BCUT2D eigenvalue weighted by Crippen LogP contribution is 2.26. The highest BCUT2D eigenvalue weighted by molar-refractivity contribution is 7.89. The van der Waals surface area contributed by atoms with Gasteiger partial charge in [0.25, 0.3) is 0 Å². The van der Waals surface area contributed by atoms with Crippen molar-refractivity contribution in [2.24, 2.45) is 0 Å². The van der Waals surface area contributed by atoms with Crippen LogP contribution in [0, 0.1) is 0 Å². The van der Waals surface area contributed by atoms with Crippen LogP contribution in [0.1, 0.15) is 19.8 Å². The van der Waals surface area contributed by atoms with Crippen LogP contribution < -0.4 is 0 Å². The Morgan fingerprint density at radius 3 is 2.65 bits per heavy atom. The molecule has 0 atom stereocenters. The number of halogens is 1. The van der Waals surface area contributed by atoms with E-state index in [2.05, 4.69) is 16.8 Å². The van der Waals surface area contributed by atoms with Gasteiger partial charge in [0.1, 0.15) is 4.90 Å². The zero-order chi connectivity index (χ0) is 14.8. The van der Waals surface area contributed by atoms with Crippen molar-refractivity contribution in [1.82, 2.24) is 14.2 Å². The van der Waals surface area contributed by atoms with Gasteiger partial charge in [0.05, 0.1) is 5.02 Å². The molecule has 20 heavy (non-hydrogen) atoms. The van der Waals surface area contributed by atoms with Crippen LogP contribution in [0.3, 0.4) is 0 Å². The third-order valence-corrected chi connectivity index (χ3v) is 6.29. The molecule has 0 unspecified atom stereocenters. The maximum atomic E-state index is 12.6. The van der Waals surface area contributed by atoms with Crippen molar-refractivity contribution in [2.75, 3.05) is 26.7 Å². The minimum absolute atomic E-state index is 0.0269. The molecule has 1 aromatic heterocycles. The Morgan fingerprint density at radius 1 is 1.45 bits per heavy atom. The number of rotatable bonds is 4. The molecule has 1 aliphatic heterocycles. The van der Waals surface area contributed by atoms with Gasteiger partial charge in [-0.25, -0.2) is 8.42 Å². The molecule has 0 aromatic carbocycles. The smallest absolute Gasteiger partial charge is 0.246 e. The molecule has 2 heterocycles. The van der Waals surface area contributed by atoms with E-state index in [1.165, 1.54) is 22.8 Å². The first-order valence-corrected chi connectivity index (χ1v) is 8.58. The monoisotopic (exact) mass is 317 g/mol. The molecule has 0 aliphatic carbocycles. The van der Waals surface area contributed by atoms with Crippen LogP contribution in [0.25, 0.3) is 0 Å².